The molecule has 1 fully saturated rings. The van der Waals surface area contributed by atoms with Crippen LogP contribution in [0.1, 0.15) is 59.6 Å². The van der Waals surface area contributed by atoms with Crippen LogP contribution >= 0.6 is 0 Å². The van der Waals surface area contributed by atoms with Crippen molar-refractivity contribution in [3.8, 4) is 0 Å². The Morgan fingerprint density at radius 2 is 1.82 bits per heavy atom. The quantitative estimate of drug-likeness (QED) is 0.292. The van der Waals surface area contributed by atoms with Crippen molar-refractivity contribution in [1.29, 1.82) is 0 Å². The second-order valence-electron chi connectivity index (χ2n) is 11.8. The first-order chi connectivity index (χ1) is 18.0. The average molecular weight is 512 g/mol. The lowest BCUT2D eigenvalue weighted by molar-refractivity contribution is -0.128. The number of carbonyl (C=O) groups excluding carboxylic acids is 1. The number of aliphatic imine (C=N–C) groups is 1. The van der Waals surface area contributed by atoms with Gasteiger partial charge in [-0.2, -0.15) is 0 Å². The molecule has 0 bridgehead atoms. The van der Waals surface area contributed by atoms with E-state index in [1.807, 2.05) is 24.1 Å². The summed E-state index contributed by atoms with van der Waals surface area (Å²) >= 11 is 0. The molecule has 0 aromatic heterocycles. The van der Waals surface area contributed by atoms with Crippen molar-refractivity contribution in [2.45, 2.75) is 60.9 Å². The molecule has 202 valence electrons. The van der Waals surface area contributed by atoms with Crippen LogP contribution in [0.4, 0.5) is 0 Å². The number of allylic oxidation sites excluding steroid dienone is 7. The molecule has 2 heterocycles. The molecule has 4 heteroatoms. The first kappa shape index (κ1) is 29.2. The molecule has 0 saturated carbocycles. The van der Waals surface area contributed by atoms with Crippen LogP contribution in [0.15, 0.2) is 94.7 Å². The maximum Gasteiger partial charge on any atom is 0.210 e. The van der Waals surface area contributed by atoms with Crippen LogP contribution in [0.2, 0.25) is 0 Å². The SMILES string of the molecule is C=C/C=C(\C=C/C)N1CCN(C=O)C(C)(C2\C(C)=C/C=N\C(c3ccc(C)cc3)=C/C(C(C)(C)C)=C/2C)C1. The standard InChI is InChI=1S/C34H45N3O/c1-10-12-29(13-11-2)36-20-21-37(24-38)34(9,23-36)32-26(4)18-19-35-31(28-16-14-25(3)15-17-28)22-30(27(32)5)33(6,7)8/h10-19,22,24,32H,1,20-21,23H2,2-9H3/b13-11-,26-18-,29-12+,30-27-,31-22-,35-19-. The van der Waals surface area contributed by atoms with Crippen LogP contribution in [0, 0.1) is 18.3 Å². The lowest BCUT2D eigenvalue weighted by atomic mass is 9.69. The number of rotatable bonds is 6. The summed E-state index contributed by atoms with van der Waals surface area (Å²) in [5, 5.41) is 0. The number of amides is 1. The molecule has 0 spiro atoms. The van der Waals surface area contributed by atoms with Gasteiger partial charge in [-0.3, -0.25) is 9.79 Å². The fourth-order valence-electron chi connectivity index (χ4n) is 6.01. The zero-order valence-electron chi connectivity index (χ0n) is 24.6. The zero-order chi connectivity index (χ0) is 28.1. The van der Waals surface area contributed by atoms with Crippen LogP contribution < -0.4 is 0 Å². The first-order valence-electron chi connectivity index (χ1n) is 13.6. The number of piperazine rings is 1. The molecule has 3 rings (SSSR count). The number of aryl methyl sites for hydroxylation is 1. The molecule has 0 aliphatic carbocycles. The van der Waals surface area contributed by atoms with Gasteiger partial charge in [0.1, 0.15) is 0 Å². The summed E-state index contributed by atoms with van der Waals surface area (Å²) < 4.78 is 0. The van der Waals surface area contributed by atoms with Crippen LogP contribution in [-0.2, 0) is 4.79 Å². The minimum Gasteiger partial charge on any atom is -0.367 e. The molecule has 1 aromatic carbocycles. The lowest BCUT2D eigenvalue weighted by Gasteiger charge is -2.53. The van der Waals surface area contributed by atoms with Gasteiger partial charge in [0.2, 0.25) is 6.41 Å². The highest BCUT2D eigenvalue weighted by Crippen LogP contribution is 2.44. The van der Waals surface area contributed by atoms with Crippen molar-refractivity contribution in [2.75, 3.05) is 19.6 Å². The molecule has 2 unspecified atom stereocenters. The number of benzene rings is 1. The van der Waals surface area contributed by atoms with Crippen molar-refractivity contribution in [1.82, 2.24) is 9.80 Å². The lowest BCUT2D eigenvalue weighted by Crippen LogP contribution is -2.63. The van der Waals surface area contributed by atoms with Crippen molar-refractivity contribution in [3.63, 3.8) is 0 Å². The van der Waals surface area contributed by atoms with Gasteiger partial charge in [-0.05, 0) is 69.9 Å². The summed E-state index contributed by atoms with van der Waals surface area (Å²) in [6.45, 7) is 23.7. The van der Waals surface area contributed by atoms with E-state index in [0.717, 1.165) is 29.9 Å². The Bertz CT molecular complexity index is 1220. The smallest absolute Gasteiger partial charge is 0.210 e. The van der Waals surface area contributed by atoms with E-state index >= 15 is 0 Å². The van der Waals surface area contributed by atoms with Crippen molar-refractivity contribution < 1.29 is 4.79 Å². The molecule has 2 aliphatic rings. The van der Waals surface area contributed by atoms with Crippen molar-refractivity contribution >= 4 is 18.3 Å². The minimum absolute atomic E-state index is 0.0142. The highest BCUT2D eigenvalue weighted by atomic mass is 16.1. The Kier molecular flexibility index (Phi) is 9.19. The Morgan fingerprint density at radius 1 is 1.13 bits per heavy atom. The zero-order valence-corrected chi connectivity index (χ0v) is 24.6. The van der Waals surface area contributed by atoms with Crippen LogP contribution in [0.3, 0.4) is 0 Å². The maximum atomic E-state index is 12.5. The molecule has 2 atom stereocenters. The van der Waals surface area contributed by atoms with E-state index in [4.69, 9.17) is 4.99 Å². The van der Waals surface area contributed by atoms with Crippen molar-refractivity contribution in [3.05, 3.63) is 101 Å². The predicted octanol–water partition coefficient (Wildman–Crippen LogP) is 7.52. The van der Waals surface area contributed by atoms with E-state index in [0.29, 0.717) is 13.1 Å². The Labute approximate surface area is 230 Å². The highest BCUT2D eigenvalue weighted by molar-refractivity contribution is 5.82. The van der Waals surface area contributed by atoms with E-state index in [2.05, 4.69) is 115 Å². The maximum absolute atomic E-state index is 12.5. The van der Waals surface area contributed by atoms with Gasteiger partial charge in [-0.15, -0.1) is 0 Å². The summed E-state index contributed by atoms with van der Waals surface area (Å²) in [6, 6.07) is 8.55. The summed E-state index contributed by atoms with van der Waals surface area (Å²) in [4.78, 5) is 21.8. The third kappa shape index (κ3) is 6.18. The normalized spacial score (nSPS) is 29.1. The van der Waals surface area contributed by atoms with E-state index in [9.17, 15) is 4.79 Å². The van der Waals surface area contributed by atoms with Gasteiger partial charge in [0.05, 0.1) is 11.2 Å². The second kappa shape index (κ2) is 12.0. The molecule has 1 aromatic rings. The fraction of sp³-hybridized carbons (Fsp3) is 0.412. The summed E-state index contributed by atoms with van der Waals surface area (Å²) in [6.07, 6.45) is 15.4. The topological polar surface area (TPSA) is 35.9 Å². The molecular formula is C34H45N3O. The summed E-state index contributed by atoms with van der Waals surface area (Å²) in [7, 11) is 0. The van der Waals surface area contributed by atoms with E-state index in [-0.39, 0.29) is 11.3 Å². The van der Waals surface area contributed by atoms with E-state index < -0.39 is 5.54 Å². The second-order valence-corrected chi connectivity index (χ2v) is 11.8. The van der Waals surface area contributed by atoms with Crippen molar-refractivity contribution in [2.24, 2.45) is 16.3 Å². The monoisotopic (exact) mass is 511 g/mol. The largest absolute Gasteiger partial charge is 0.367 e. The number of carbonyl (C=O) groups is 1. The molecule has 0 N–H and O–H groups in total. The predicted molar refractivity (Wildman–Crippen MR) is 163 cm³/mol. The Hall–Kier alpha value is -3.40. The highest BCUT2D eigenvalue weighted by Gasteiger charge is 2.46. The molecule has 0 radical (unpaired) electrons. The van der Waals surface area contributed by atoms with Crippen LogP contribution in [0.5, 0.6) is 0 Å². The van der Waals surface area contributed by atoms with E-state index in [1.54, 1.807) is 0 Å². The van der Waals surface area contributed by atoms with Gasteiger partial charge in [0.25, 0.3) is 0 Å². The number of hydrogen-bond acceptors (Lipinski definition) is 3. The number of nitrogens with zero attached hydrogens (tertiary/aromatic N) is 3. The van der Waals surface area contributed by atoms with Gasteiger partial charge in [0, 0.05) is 43.0 Å². The van der Waals surface area contributed by atoms with E-state index in [1.165, 1.54) is 22.3 Å². The Balaban J connectivity index is 2.25. The van der Waals surface area contributed by atoms with Gasteiger partial charge >= 0.3 is 0 Å². The van der Waals surface area contributed by atoms with Gasteiger partial charge < -0.3 is 9.80 Å². The Morgan fingerprint density at radius 3 is 2.39 bits per heavy atom. The molecule has 38 heavy (non-hydrogen) atoms. The molecule has 1 saturated heterocycles. The first-order valence-corrected chi connectivity index (χ1v) is 13.6. The molecule has 2 aliphatic heterocycles. The summed E-state index contributed by atoms with van der Waals surface area (Å²) in [5.41, 5.74) is 7.54. The fourth-order valence-corrected chi connectivity index (χ4v) is 6.01. The minimum atomic E-state index is -0.459. The van der Waals surface area contributed by atoms with Crippen LogP contribution in [0.25, 0.3) is 5.70 Å². The molecule has 4 nitrogen and oxygen atoms in total. The van der Waals surface area contributed by atoms with Crippen LogP contribution in [-0.4, -0.2) is 47.6 Å². The number of hydrogen-bond donors (Lipinski definition) is 0. The van der Waals surface area contributed by atoms with Gasteiger partial charge in [-0.25, -0.2) is 0 Å². The van der Waals surface area contributed by atoms with Gasteiger partial charge in [0.15, 0.2) is 0 Å². The molecule has 1 amide bonds. The van der Waals surface area contributed by atoms with Gasteiger partial charge in [-0.1, -0.05) is 80.5 Å². The molecular weight excluding hydrogens is 466 g/mol. The third-order valence-corrected chi connectivity index (χ3v) is 7.82. The third-order valence-electron chi connectivity index (χ3n) is 7.82. The summed E-state index contributed by atoms with van der Waals surface area (Å²) in [5.74, 6) is 0.0142. The average Bonchev–Trinajstić information content (AvgIpc) is 2.91.